The number of rotatable bonds is 5. The van der Waals surface area contributed by atoms with Crippen molar-refractivity contribution in [3.63, 3.8) is 0 Å². The highest BCUT2D eigenvalue weighted by molar-refractivity contribution is 7.15. The van der Waals surface area contributed by atoms with Crippen LogP contribution in [0.5, 0.6) is 0 Å². The maximum Gasteiger partial charge on any atom is 0.278 e. The number of hydrogen-bond acceptors (Lipinski definition) is 5. The van der Waals surface area contributed by atoms with Gasteiger partial charge in [-0.3, -0.25) is 10.1 Å². The lowest BCUT2D eigenvalue weighted by Crippen LogP contribution is -2.14. The molecule has 0 spiro atoms. The van der Waals surface area contributed by atoms with Crippen molar-refractivity contribution in [3.05, 3.63) is 85.4 Å². The number of nitro groups is 1. The van der Waals surface area contributed by atoms with Gasteiger partial charge in [0.05, 0.1) is 16.2 Å². The number of thiazole rings is 1. The van der Waals surface area contributed by atoms with Gasteiger partial charge in [0.1, 0.15) is 0 Å². The molecule has 3 rings (SSSR count). The number of aromatic nitrogens is 1. The SMILES string of the molecule is CC(C)(C)c1nc(/N=C/c2ccccc2[N+](=O)[O-])sc1Cc1ccc(Cl)cc1. The van der Waals surface area contributed by atoms with Crippen molar-refractivity contribution in [2.45, 2.75) is 32.6 Å². The van der Waals surface area contributed by atoms with E-state index >= 15 is 0 Å². The van der Waals surface area contributed by atoms with E-state index in [0.717, 1.165) is 22.6 Å². The van der Waals surface area contributed by atoms with Gasteiger partial charge >= 0.3 is 0 Å². The molecule has 5 nitrogen and oxygen atoms in total. The molecule has 28 heavy (non-hydrogen) atoms. The summed E-state index contributed by atoms with van der Waals surface area (Å²) in [5.74, 6) is 0. The first kappa shape index (κ1) is 20.2. The van der Waals surface area contributed by atoms with Crippen molar-refractivity contribution < 1.29 is 4.92 Å². The molecule has 1 aromatic heterocycles. The Morgan fingerprint density at radius 1 is 1.18 bits per heavy atom. The first-order valence-electron chi connectivity index (χ1n) is 8.76. The number of nitrogens with zero attached hydrogens (tertiary/aromatic N) is 3. The summed E-state index contributed by atoms with van der Waals surface area (Å²) < 4.78 is 0. The summed E-state index contributed by atoms with van der Waals surface area (Å²) in [5.41, 5.74) is 2.49. The second-order valence-corrected chi connectivity index (χ2v) is 8.89. The van der Waals surface area contributed by atoms with Gasteiger partial charge in [-0.1, -0.05) is 68.0 Å². The number of halogens is 1. The Hall–Kier alpha value is -2.57. The van der Waals surface area contributed by atoms with Gasteiger partial charge in [0.25, 0.3) is 5.69 Å². The van der Waals surface area contributed by atoms with E-state index < -0.39 is 4.92 Å². The highest BCUT2D eigenvalue weighted by atomic mass is 35.5. The van der Waals surface area contributed by atoms with Gasteiger partial charge in [-0.2, -0.15) is 0 Å². The third-order valence-corrected chi connectivity index (χ3v) is 5.34. The number of hydrogen-bond donors (Lipinski definition) is 0. The van der Waals surface area contributed by atoms with Crippen LogP contribution in [-0.4, -0.2) is 16.1 Å². The van der Waals surface area contributed by atoms with E-state index in [4.69, 9.17) is 16.6 Å². The van der Waals surface area contributed by atoms with E-state index in [9.17, 15) is 10.1 Å². The topological polar surface area (TPSA) is 68.4 Å². The normalized spacial score (nSPS) is 11.9. The Morgan fingerprint density at radius 3 is 2.50 bits per heavy atom. The Labute approximate surface area is 172 Å². The fourth-order valence-electron chi connectivity index (χ4n) is 2.78. The zero-order valence-electron chi connectivity index (χ0n) is 15.8. The first-order valence-corrected chi connectivity index (χ1v) is 9.95. The average molecular weight is 414 g/mol. The molecule has 0 fully saturated rings. The molecule has 2 aromatic carbocycles. The first-order chi connectivity index (χ1) is 13.2. The minimum absolute atomic E-state index is 0.0280. The van der Waals surface area contributed by atoms with Crippen molar-refractivity contribution in [1.82, 2.24) is 4.98 Å². The van der Waals surface area contributed by atoms with E-state index in [-0.39, 0.29) is 11.1 Å². The number of nitro benzene ring substituents is 1. The molecule has 0 aliphatic rings. The van der Waals surface area contributed by atoms with Crippen LogP contribution >= 0.6 is 22.9 Å². The molecule has 0 saturated carbocycles. The van der Waals surface area contributed by atoms with Crippen molar-refractivity contribution >= 4 is 40.0 Å². The van der Waals surface area contributed by atoms with Crippen LogP contribution in [0.2, 0.25) is 5.02 Å². The molecular formula is C21H20ClN3O2S. The summed E-state index contributed by atoms with van der Waals surface area (Å²) >= 11 is 7.49. The molecular weight excluding hydrogens is 394 g/mol. The van der Waals surface area contributed by atoms with Crippen molar-refractivity contribution in [2.75, 3.05) is 0 Å². The van der Waals surface area contributed by atoms with Crippen LogP contribution in [-0.2, 0) is 11.8 Å². The second kappa shape index (κ2) is 8.20. The molecule has 3 aromatic rings. The van der Waals surface area contributed by atoms with E-state index in [1.54, 1.807) is 18.2 Å². The van der Waals surface area contributed by atoms with Crippen molar-refractivity contribution in [3.8, 4) is 0 Å². The molecule has 0 radical (unpaired) electrons. The van der Waals surface area contributed by atoms with Crippen LogP contribution in [0, 0.1) is 10.1 Å². The second-order valence-electron chi connectivity index (χ2n) is 7.40. The molecule has 1 heterocycles. The average Bonchev–Trinajstić information content (AvgIpc) is 3.05. The van der Waals surface area contributed by atoms with Gasteiger partial charge in [-0.05, 0) is 23.8 Å². The monoisotopic (exact) mass is 413 g/mol. The van der Waals surface area contributed by atoms with E-state index in [2.05, 4.69) is 25.8 Å². The lowest BCUT2D eigenvalue weighted by molar-refractivity contribution is -0.385. The lowest BCUT2D eigenvalue weighted by atomic mass is 9.90. The lowest BCUT2D eigenvalue weighted by Gasteiger charge is -2.17. The predicted molar refractivity (Wildman–Crippen MR) is 115 cm³/mol. The van der Waals surface area contributed by atoms with Gasteiger partial charge in [-0.15, -0.1) is 0 Å². The molecule has 0 aliphatic heterocycles. The van der Waals surface area contributed by atoms with Crippen LogP contribution < -0.4 is 0 Å². The van der Waals surface area contributed by atoms with Gasteiger partial charge in [0, 0.05) is 34.0 Å². The predicted octanol–water partition coefficient (Wildman–Crippen LogP) is 6.34. The van der Waals surface area contributed by atoms with E-state index in [0.29, 0.717) is 15.7 Å². The Balaban J connectivity index is 1.94. The third kappa shape index (κ3) is 4.82. The summed E-state index contributed by atoms with van der Waals surface area (Å²) in [6.07, 6.45) is 2.25. The van der Waals surface area contributed by atoms with Crippen molar-refractivity contribution in [1.29, 1.82) is 0 Å². The highest BCUT2D eigenvalue weighted by Gasteiger charge is 2.23. The molecule has 144 valence electrons. The van der Waals surface area contributed by atoms with Crippen LogP contribution in [0.1, 0.15) is 42.5 Å². The highest BCUT2D eigenvalue weighted by Crippen LogP contribution is 2.35. The van der Waals surface area contributed by atoms with E-state index in [1.807, 2.05) is 24.3 Å². The molecule has 0 amide bonds. The quantitative estimate of drug-likeness (QED) is 0.278. The zero-order chi connectivity index (χ0) is 20.3. The largest absolute Gasteiger partial charge is 0.278 e. The summed E-state index contributed by atoms with van der Waals surface area (Å²) in [7, 11) is 0. The smallest absolute Gasteiger partial charge is 0.258 e. The Bertz CT molecular complexity index is 1020. The minimum Gasteiger partial charge on any atom is -0.258 e. The molecule has 0 bridgehead atoms. The van der Waals surface area contributed by atoms with Crippen LogP contribution in [0.25, 0.3) is 0 Å². The Kier molecular flexibility index (Phi) is 5.91. The number of benzene rings is 2. The molecule has 0 unspecified atom stereocenters. The zero-order valence-corrected chi connectivity index (χ0v) is 17.4. The van der Waals surface area contributed by atoms with Gasteiger partial charge in [-0.25, -0.2) is 9.98 Å². The Morgan fingerprint density at radius 2 is 1.86 bits per heavy atom. The molecule has 0 saturated heterocycles. The van der Waals surface area contributed by atoms with Crippen LogP contribution in [0.15, 0.2) is 53.5 Å². The van der Waals surface area contributed by atoms with Crippen molar-refractivity contribution in [2.24, 2.45) is 4.99 Å². The standard InChI is InChI=1S/C21H20ClN3O2S/c1-21(2,3)19-18(12-14-8-10-16(22)11-9-14)28-20(24-19)23-13-15-6-4-5-7-17(15)25(26)27/h4-11,13H,12H2,1-3H3/b23-13+. The number of aliphatic imine (C=N–C) groups is 1. The molecule has 0 aliphatic carbocycles. The van der Waals surface area contributed by atoms with E-state index in [1.165, 1.54) is 23.6 Å². The minimum atomic E-state index is -0.407. The number of para-hydroxylation sites is 1. The van der Waals surface area contributed by atoms with Gasteiger partial charge in [0.2, 0.25) is 5.13 Å². The maximum absolute atomic E-state index is 11.2. The molecule has 0 N–H and O–H groups in total. The summed E-state index contributed by atoms with van der Waals surface area (Å²) in [6, 6.07) is 14.3. The summed E-state index contributed by atoms with van der Waals surface area (Å²) in [5, 5.41) is 12.5. The fraction of sp³-hybridized carbons (Fsp3) is 0.238. The van der Waals surface area contributed by atoms with Crippen LogP contribution in [0.4, 0.5) is 10.8 Å². The molecule has 7 heteroatoms. The van der Waals surface area contributed by atoms with Gasteiger partial charge < -0.3 is 0 Å². The molecule has 0 atom stereocenters. The third-order valence-electron chi connectivity index (χ3n) is 4.12. The summed E-state index contributed by atoms with van der Waals surface area (Å²) in [4.78, 5) is 21.0. The van der Waals surface area contributed by atoms with Gasteiger partial charge in [0.15, 0.2) is 0 Å². The summed E-state index contributed by atoms with van der Waals surface area (Å²) in [6.45, 7) is 6.34. The fourth-order valence-corrected chi connectivity index (χ4v) is 4.05. The van der Waals surface area contributed by atoms with Crippen LogP contribution in [0.3, 0.4) is 0 Å². The maximum atomic E-state index is 11.2.